The number of primary amides is 1. The number of ether oxygens (including phenoxy) is 3. The van der Waals surface area contributed by atoms with Crippen LogP contribution in [0.25, 0.3) is 6.08 Å². The number of carbonyl (C=O) groups is 2. The maximum Gasteiger partial charge on any atom is 0.255 e. The lowest BCUT2D eigenvalue weighted by molar-refractivity contribution is -0.120. The van der Waals surface area contributed by atoms with Crippen LogP contribution in [0.3, 0.4) is 0 Å². The van der Waals surface area contributed by atoms with Crippen molar-refractivity contribution in [3.63, 3.8) is 0 Å². The van der Waals surface area contributed by atoms with Crippen LogP contribution < -0.4 is 25.3 Å². The third-order valence-electron chi connectivity index (χ3n) is 3.76. The fraction of sp³-hybridized carbons (Fsp3) is 0.273. The monoisotopic (exact) mass is 432 g/mol. The van der Waals surface area contributed by atoms with E-state index in [-0.39, 0.29) is 12.5 Å². The van der Waals surface area contributed by atoms with Gasteiger partial charge in [0.2, 0.25) is 5.91 Å². The van der Waals surface area contributed by atoms with E-state index in [1.165, 1.54) is 13.2 Å². The second-order valence-corrected chi connectivity index (χ2v) is 7.25. The molecule has 2 amide bonds. The molecule has 0 saturated heterocycles. The first kappa shape index (κ1) is 23.1. The van der Waals surface area contributed by atoms with Gasteiger partial charge in [-0.1, -0.05) is 31.5 Å². The lowest BCUT2D eigenvalue weighted by Gasteiger charge is -2.11. The fourth-order valence-electron chi connectivity index (χ4n) is 2.36. The van der Waals surface area contributed by atoms with Crippen LogP contribution in [0.1, 0.15) is 19.4 Å². The van der Waals surface area contributed by atoms with Crippen molar-refractivity contribution in [2.45, 2.75) is 13.8 Å². The highest BCUT2D eigenvalue weighted by Crippen LogP contribution is 2.29. The van der Waals surface area contributed by atoms with Gasteiger partial charge in [0.15, 0.2) is 18.1 Å². The molecule has 0 heterocycles. The summed E-state index contributed by atoms with van der Waals surface area (Å²) in [6, 6.07) is 10.1. The number of hydrogen-bond donors (Lipinski definition) is 2. The normalized spacial score (nSPS) is 10.8. The quantitative estimate of drug-likeness (QED) is 0.554. The van der Waals surface area contributed by atoms with Crippen molar-refractivity contribution in [2.24, 2.45) is 11.7 Å². The first-order chi connectivity index (χ1) is 14.3. The Morgan fingerprint density at radius 2 is 1.83 bits per heavy atom. The molecule has 2 aromatic carbocycles. The van der Waals surface area contributed by atoms with Crippen LogP contribution >= 0.6 is 11.6 Å². The van der Waals surface area contributed by atoms with Crippen LogP contribution in [0.2, 0.25) is 5.02 Å². The van der Waals surface area contributed by atoms with Gasteiger partial charge in [-0.2, -0.15) is 0 Å². The van der Waals surface area contributed by atoms with Gasteiger partial charge in [0.05, 0.1) is 18.7 Å². The second-order valence-electron chi connectivity index (χ2n) is 6.84. The Hall–Kier alpha value is -3.19. The molecule has 8 heteroatoms. The van der Waals surface area contributed by atoms with Gasteiger partial charge in [0.25, 0.3) is 5.91 Å². The van der Waals surface area contributed by atoms with E-state index in [0.29, 0.717) is 46.0 Å². The van der Waals surface area contributed by atoms with Gasteiger partial charge in [-0.05, 0) is 47.9 Å². The van der Waals surface area contributed by atoms with E-state index in [4.69, 9.17) is 31.5 Å². The van der Waals surface area contributed by atoms with Crippen molar-refractivity contribution < 1.29 is 23.8 Å². The SMILES string of the molecule is COc1cc(/C=C/C(=O)Nc2ccc(OCC(C)C)c(Cl)c2)ccc1OCC(N)=O. The number of hydrogen-bond acceptors (Lipinski definition) is 5. The highest BCUT2D eigenvalue weighted by atomic mass is 35.5. The highest BCUT2D eigenvalue weighted by molar-refractivity contribution is 6.32. The van der Waals surface area contributed by atoms with Crippen molar-refractivity contribution in [3.8, 4) is 17.2 Å². The topological polar surface area (TPSA) is 99.9 Å². The summed E-state index contributed by atoms with van der Waals surface area (Å²) in [5.74, 6) is 0.847. The number of nitrogens with two attached hydrogens (primary N) is 1. The Morgan fingerprint density at radius 1 is 1.10 bits per heavy atom. The molecule has 0 spiro atoms. The van der Waals surface area contributed by atoms with Gasteiger partial charge in [-0.3, -0.25) is 9.59 Å². The largest absolute Gasteiger partial charge is 0.493 e. The van der Waals surface area contributed by atoms with Crippen LogP contribution in [-0.2, 0) is 9.59 Å². The minimum Gasteiger partial charge on any atom is -0.493 e. The number of benzene rings is 2. The maximum absolute atomic E-state index is 12.2. The zero-order chi connectivity index (χ0) is 22.1. The standard InChI is InChI=1S/C22H25ClN2O5/c1-14(2)12-29-18-8-6-16(11-17(18)23)25-22(27)9-5-15-4-7-19(20(10-15)28-3)30-13-21(24)26/h4-11,14H,12-13H2,1-3H3,(H2,24,26)(H,25,27)/b9-5+. The minimum atomic E-state index is -0.586. The number of carbonyl (C=O) groups excluding carboxylic acids is 2. The van der Waals surface area contributed by atoms with E-state index < -0.39 is 5.91 Å². The Bertz CT molecular complexity index is 928. The third-order valence-corrected chi connectivity index (χ3v) is 4.05. The van der Waals surface area contributed by atoms with Crippen molar-refractivity contribution in [3.05, 3.63) is 53.1 Å². The number of halogens is 1. The second kappa shape index (κ2) is 11.1. The van der Waals surface area contributed by atoms with Crippen LogP contribution in [0, 0.1) is 5.92 Å². The van der Waals surface area contributed by atoms with Crippen molar-refractivity contribution in [1.82, 2.24) is 0 Å². The lowest BCUT2D eigenvalue weighted by Crippen LogP contribution is -2.20. The summed E-state index contributed by atoms with van der Waals surface area (Å²) in [5.41, 5.74) is 6.34. The molecule has 0 fully saturated rings. The van der Waals surface area contributed by atoms with Crippen molar-refractivity contribution in [1.29, 1.82) is 0 Å². The molecule has 0 bridgehead atoms. The Balaban J connectivity index is 2.00. The van der Waals surface area contributed by atoms with Crippen LogP contribution in [-0.4, -0.2) is 32.1 Å². The molecule has 0 aliphatic heterocycles. The molecule has 0 unspecified atom stereocenters. The van der Waals surface area contributed by atoms with Crippen LogP contribution in [0.5, 0.6) is 17.2 Å². The first-order valence-corrected chi connectivity index (χ1v) is 9.67. The summed E-state index contributed by atoms with van der Waals surface area (Å²) in [6.45, 7) is 4.40. The Kier molecular flexibility index (Phi) is 8.55. The predicted molar refractivity (Wildman–Crippen MR) is 117 cm³/mol. The number of methoxy groups -OCH3 is 1. The summed E-state index contributed by atoms with van der Waals surface area (Å²) < 4.78 is 16.1. The average Bonchev–Trinajstić information content (AvgIpc) is 2.70. The smallest absolute Gasteiger partial charge is 0.255 e. The molecular weight excluding hydrogens is 408 g/mol. The van der Waals surface area contributed by atoms with Gasteiger partial charge in [-0.15, -0.1) is 0 Å². The molecule has 0 aliphatic carbocycles. The first-order valence-electron chi connectivity index (χ1n) is 9.29. The van der Waals surface area contributed by atoms with Gasteiger partial charge >= 0.3 is 0 Å². The zero-order valence-corrected chi connectivity index (χ0v) is 17.9. The van der Waals surface area contributed by atoms with E-state index in [2.05, 4.69) is 5.32 Å². The van der Waals surface area contributed by atoms with E-state index in [1.54, 1.807) is 42.5 Å². The van der Waals surface area contributed by atoms with Gasteiger partial charge in [0, 0.05) is 11.8 Å². The minimum absolute atomic E-state index is 0.252. The molecular formula is C22H25ClN2O5. The maximum atomic E-state index is 12.2. The van der Waals surface area contributed by atoms with Crippen LogP contribution in [0.15, 0.2) is 42.5 Å². The Labute approximate surface area is 180 Å². The number of amides is 2. The summed E-state index contributed by atoms with van der Waals surface area (Å²) in [7, 11) is 1.48. The molecule has 30 heavy (non-hydrogen) atoms. The molecule has 2 rings (SSSR count). The summed E-state index contributed by atoms with van der Waals surface area (Å²) in [6.07, 6.45) is 3.01. The average molecular weight is 433 g/mol. The van der Waals surface area contributed by atoms with Crippen molar-refractivity contribution in [2.75, 3.05) is 25.6 Å². The van der Waals surface area contributed by atoms with E-state index in [1.807, 2.05) is 13.8 Å². The molecule has 0 radical (unpaired) electrons. The predicted octanol–water partition coefficient (Wildman–Crippen LogP) is 3.90. The lowest BCUT2D eigenvalue weighted by atomic mass is 10.2. The fourth-order valence-corrected chi connectivity index (χ4v) is 2.60. The third kappa shape index (κ3) is 7.33. The molecule has 160 valence electrons. The Morgan fingerprint density at radius 3 is 2.47 bits per heavy atom. The molecule has 2 aromatic rings. The summed E-state index contributed by atoms with van der Waals surface area (Å²) in [5, 5.41) is 3.17. The zero-order valence-electron chi connectivity index (χ0n) is 17.1. The van der Waals surface area contributed by atoms with E-state index in [0.717, 1.165) is 0 Å². The summed E-state index contributed by atoms with van der Waals surface area (Å²) in [4.78, 5) is 23.1. The molecule has 0 atom stereocenters. The van der Waals surface area contributed by atoms with Gasteiger partial charge in [0.1, 0.15) is 5.75 Å². The molecule has 0 aromatic heterocycles. The number of nitrogens with one attached hydrogen (secondary N) is 1. The molecule has 0 saturated carbocycles. The molecule has 7 nitrogen and oxygen atoms in total. The highest BCUT2D eigenvalue weighted by Gasteiger charge is 2.08. The van der Waals surface area contributed by atoms with Crippen LogP contribution in [0.4, 0.5) is 5.69 Å². The van der Waals surface area contributed by atoms with Crippen molar-refractivity contribution >= 4 is 35.2 Å². The van der Waals surface area contributed by atoms with Gasteiger partial charge in [-0.25, -0.2) is 0 Å². The number of rotatable bonds is 10. The molecule has 0 aliphatic rings. The van der Waals surface area contributed by atoms with E-state index in [9.17, 15) is 9.59 Å². The van der Waals surface area contributed by atoms with E-state index >= 15 is 0 Å². The van der Waals surface area contributed by atoms with Gasteiger partial charge < -0.3 is 25.3 Å². The summed E-state index contributed by atoms with van der Waals surface area (Å²) >= 11 is 6.21. The number of anilines is 1. The molecule has 3 N–H and O–H groups in total.